The molecule has 1 aromatic carbocycles. The molecule has 1 nitrogen and oxygen atoms in total. The lowest BCUT2D eigenvalue weighted by atomic mass is 10.0. The molecule has 0 aromatic heterocycles. The second-order valence-electron chi connectivity index (χ2n) is 2.96. The van der Waals surface area contributed by atoms with E-state index in [4.69, 9.17) is 0 Å². The van der Waals surface area contributed by atoms with Crippen molar-refractivity contribution in [2.45, 2.75) is 13.3 Å². The smallest absolute Gasteiger partial charge is 0.298 e. The molecular weight excluding hydrogens is 205 g/mol. The Hall–Kier alpha value is -1.58. The molecule has 4 heteroatoms. The number of carbonyl (C=O) groups is 1. The number of aryl methyl sites for hydroxylation is 1. The van der Waals surface area contributed by atoms with Gasteiger partial charge >= 0.3 is 6.08 Å². The molecule has 0 radical (unpaired) electrons. The first-order valence-electron chi connectivity index (χ1n) is 4.39. The van der Waals surface area contributed by atoms with E-state index in [1.165, 1.54) is 12.1 Å². The molecule has 0 fully saturated rings. The van der Waals surface area contributed by atoms with E-state index in [0.717, 1.165) is 6.07 Å². The summed E-state index contributed by atoms with van der Waals surface area (Å²) in [5, 5.41) is 0. The van der Waals surface area contributed by atoms with Gasteiger partial charge < -0.3 is 0 Å². The molecule has 0 aliphatic carbocycles. The quantitative estimate of drug-likeness (QED) is 0.702. The summed E-state index contributed by atoms with van der Waals surface area (Å²) in [4.78, 5) is 10.5. The number of rotatable bonds is 3. The van der Waals surface area contributed by atoms with Gasteiger partial charge in [-0.2, -0.15) is 8.78 Å². The molecule has 0 atom stereocenters. The Morgan fingerprint density at radius 2 is 2.00 bits per heavy atom. The lowest BCUT2D eigenvalue weighted by Crippen LogP contribution is -1.92. The van der Waals surface area contributed by atoms with Crippen molar-refractivity contribution in [3.05, 3.63) is 41.0 Å². The van der Waals surface area contributed by atoms with Gasteiger partial charge in [0.05, 0.1) is 0 Å². The van der Waals surface area contributed by atoms with Crippen LogP contribution in [0.15, 0.2) is 24.3 Å². The molecule has 0 spiro atoms. The molecule has 0 N–H and O–H groups in total. The van der Waals surface area contributed by atoms with Crippen LogP contribution in [-0.4, -0.2) is 6.29 Å². The molecule has 0 saturated carbocycles. The molecule has 0 heterocycles. The van der Waals surface area contributed by atoms with E-state index in [1.807, 2.05) is 0 Å². The lowest BCUT2D eigenvalue weighted by Gasteiger charge is -2.04. The lowest BCUT2D eigenvalue weighted by molar-refractivity contribution is 0.112. The van der Waals surface area contributed by atoms with Gasteiger partial charge in [0.2, 0.25) is 0 Å². The van der Waals surface area contributed by atoms with Gasteiger partial charge in [0.15, 0.2) is 5.83 Å². The normalized spacial score (nSPS) is 9.87. The van der Waals surface area contributed by atoms with Gasteiger partial charge in [-0.25, -0.2) is 4.39 Å². The van der Waals surface area contributed by atoms with Crippen molar-refractivity contribution < 1.29 is 18.0 Å². The number of hydrogen-bond donors (Lipinski definition) is 0. The van der Waals surface area contributed by atoms with Crippen molar-refractivity contribution in [2.75, 3.05) is 0 Å². The Kier molecular flexibility index (Phi) is 3.66. The monoisotopic (exact) mass is 214 g/mol. The molecule has 80 valence electrons. The van der Waals surface area contributed by atoms with Gasteiger partial charge in [-0.3, -0.25) is 4.79 Å². The van der Waals surface area contributed by atoms with Gasteiger partial charge in [-0.15, -0.1) is 0 Å². The molecule has 0 aliphatic heterocycles. The van der Waals surface area contributed by atoms with Crippen LogP contribution in [0, 0.1) is 0 Å². The Bertz CT molecular complexity index is 406. The minimum Gasteiger partial charge on any atom is -0.298 e. The van der Waals surface area contributed by atoms with Crippen molar-refractivity contribution in [1.29, 1.82) is 0 Å². The van der Waals surface area contributed by atoms with Crippen molar-refractivity contribution in [2.24, 2.45) is 0 Å². The summed E-state index contributed by atoms with van der Waals surface area (Å²) in [5.41, 5.74) is 0.754. The zero-order valence-electron chi connectivity index (χ0n) is 8.06. The maximum atomic E-state index is 12.9. The molecule has 0 unspecified atom stereocenters. The topological polar surface area (TPSA) is 17.1 Å². The summed E-state index contributed by atoms with van der Waals surface area (Å²) < 4.78 is 36.8. The van der Waals surface area contributed by atoms with Crippen LogP contribution in [-0.2, 0) is 6.42 Å². The first-order valence-corrected chi connectivity index (χ1v) is 4.39. The Morgan fingerprint density at radius 3 is 2.47 bits per heavy atom. The highest BCUT2D eigenvalue weighted by Gasteiger charge is 2.10. The average molecular weight is 214 g/mol. The van der Waals surface area contributed by atoms with Crippen molar-refractivity contribution in [1.82, 2.24) is 0 Å². The van der Waals surface area contributed by atoms with Gasteiger partial charge in [0.1, 0.15) is 6.29 Å². The van der Waals surface area contributed by atoms with Crippen LogP contribution in [0.5, 0.6) is 0 Å². The third-order valence-electron chi connectivity index (χ3n) is 2.07. The first kappa shape index (κ1) is 11.5. The second-order valence-corrected chi connectivity index (χ2v) is 2.96. The number of hydrogen-bond acceptors (Lipinski definition) is 1. The zero-order valence-corrected chi connectivity index (χ0v) is 8.06. The average Bonchev–Trinajstić information content (AvgIpc) is 2.26. The van der Waals surface area contributed by atoms with Crippen LogP contribution in [0.2, 0.25) is 0 Å². The van der Waals surface area contributed by atoms with E-state index in [9.17, 15) is 18.0 Å². The largest absolute Gasteiger partial charge is 0.306 e. The fourth-order valence-corrected chi connectivity index (χ4v) is 1.27. The first-order chi connectivity index (χ1) is 7.10. The summed E-state index contributed by atoms with van der Waals surface area (Å²) >= 11 is 0. The molecule has 0 bridgehead atoms. The van der Waals surface area contributed by atoms with Crippen molar-refractivity contribution >= 4 is 12.1 Å². The fraction of sp³-hybridized carbons (Fsp3) is 0.182. The summed E-state index contributed by atoms with van der Waals surface area (Å²) in [5.74, 6) is -1.54. The standard InChI is InChI=1S/C11H9F3O/c1-2-7-5-8(10(12)11(13)14)3-4-9(7)6-15/h3-6H,2H2,1H3. The van der Waals surface area contributed by atoms with Crippen molar-refractivity contribution in [3.8, 4) is 0 Å². The van der Waals surface area contributed by atoms with Crippen LogP contribution in [0.3, 0.4) is 0 Å². The zero-order chi connectivity index (χ0) is 11.4. The Balaban J connectivity index is 3.26. The second kappa shape index (κ2) is 4.77. The highest BCUT2D eigenvalue weighted by molar-refractivity contribution is 5.78. The highest BCUT2D eigenvalue weighted by atomic mass is 19.3. The van der Waals surface area contributed by atoms with E-state index in [-0.39, 0.29) is 5.56 Å². The third kappa shape index (κ3) is 2.46. The maximum absolute atomic E-state index is 12.9. The Labute approximate surface area is 85.2 Å². The fourth-order valence-electron chi connectivity index (χ4n) is 1.27. The third-order valence-corrected chi connectivity index (χ3v) is 2.07. The van der Waals surface area contributed by atoms with E-state index < -0.39 is 11.9 Å². The Morgan fingerprint density at radius 1 is 1.33 bits per heavy atom. The van der Waals surface area contributed by atoms with E-state index >= 15 is 0 Å². The SMILES string of the molecule is CCc1cc(C(F)=C(F)F)ccc1C=O. The van der Waals surface area contributed by atoms with Gasteiger partial charge in [-0.1, -0.05) is 19.1 Å². The summed E-state index contributed by atoms with van der Waals surface area (Å²) in [7, 11) is 0. The molecule has 0 amide bonds. The summed E-state index contributed by atoms with van der Waals surface area (Å²) in [6.45, 7) is 1.76. The molecule has 15 heavy (non-hydrogen) atoms. The van der Waals surface area contributed by atoms with Crippen molar-refractivity contribution in [3.63, 3.8) is 0 Å². The van der Waals surface area contributed by atoms with E-state index in [0.29, 0.717) is 23.8 Å². The number of benzene rings is 1. The summed E-state index contributed by atoms with van der Waals surface area (Å²) in [6, 6.07) is 3.76. The van der Waals surface area contributed by atoms with Crippen LogP contribution >= 0.6 is 0 Å². The molecular formula is C11H9F3O. The molecule has 0 saturated heterocycles. The predicted octanol–water partition coefficient (Wildman–Crippen LogP) is 3.60. The minimum atomic E-state index is -2.35. The molecule has 1 aromatic rings. The number of aldehydes is 1. The van der Waals surface area contributed by atoms with Crippen LogP contribution in [0.1, 0.15) is 28.4 Å². The minimum absolute atomic E-state index is 0.197. The molecule has 0 aliphatic rings. The number of halogens is 3. The van der Waals surface area contributed by atoms with E-state index in [2.05, 4.69) is 0 Å². The van der Waals surface area contributed by atoms with E-state index in [1.54, 1.807) is 6.92 Å². The van der Waals surface area contributed by atoms with Gasteiger partial charge in [-0.05, 0) is 18.1 Å². The number of carbonyl (C=O) groups excluding carboxylic acids is 1. The summed E-state index contributed by atoms with van der Waals surface area (Å²) in [6.07, 6.45) is -1.24. The van der Waals surface area contributed by atoms with Crippen LogP contribution < -0.4 is 0 Å². The van der Waals surface area contributed by atoms with Gasteiger partial charge in [0, 0.05) is 11.1 Å². The highest BCUT2D eigenvalue weighted by Crippen LogP contribution is 2.24. The van der Waals surface area contributed by atoms with Crippen LogP contribution in [0.4, 0.5) is 13.2 Å². The predicted molar refractivity (Wildman–Crippen MR) is 51.5 cm³/mol. The van der Waals surface area contributed by atoms with Crippen LogP contribution in [0.25, 0.3) is 5.83 Å². The van der Waals surface area contributed by atoms with Gasteiger partial charge in [0.25, 0.3) is 0 Å². The maximum Gasteiger partial charge on any atom is 0.306 e. The molecule has 1 rings (SSSR count).